The van der Waals surface area contributed by atoms with Gasteiger partial charge in [-0.25, -0.2) is 0 Å². The van der Waals surface area contributed by atoms with E-state index in [2.05, 4.69) is 10.2 Å². The van der Waals surface area contributed by atoms with Crippen molar-refractivity contribution in [3.63, 3.8) is 0 Å². The summed E-state index contributed by atoms with van der Waals surface area (Å²) in [6.45, 7) is 1.81. The molecule has 0 aliphatic heterocycles. The van der Waals surface area contributed by atoms with E-state index in [1.165, 1.54) is 11.3 Å². The number of carbonyl (C=O) groups is 1. The second-order valence-electron chi connectivity index (χ2n) is 3.20. The summed E-state index contributed by atoms with van der Waals surface area (Å²) in [6, 6.07) is 3.77. The highest BCUT2D eigenvalue weighted by Crippen LogP contribution is 2.29. The highest BCUT2D eigenvalue weighted by molar-refractivity contribution is 8.00. The van der Waals surface area contributed by atoms with Crippen LogP contribution in [-0.2, 0) is 4.79 Å². The fourth-order valence-electron chi connectivity index (χ4n) is 1.19. The number of carboxylic acid groups (broad SMARTS) is 1. The minimum absolute atomic E-state index is 0.294. The molecule has 2 aromatic heterocycles. The minimum Gasteiger partial charge on any atom is -0.480 e. The summed E-state index contributed by atoms with van der Waals surface area (Å²) < 4.78 is 5.40. The van der Waals surface area contributed by atoms with E-state index in [1.807, 2.05) is 24.4 Å². The normalized spacial score (nSPS) is 12.5. The lowest BCUT2D eigenvalue weighted by Gasteiger charge is -2.04. The van der Waals surface area contributed by atoms with Crippen LogP contribution >= 0.6 is 23.1 Å². The fourth-order valence-corrected chi connectivity index (χ4v) is 2.56. The molecule has 0 fully saturated rings. The maximum atomic E-state index is 10.9. The van der Waals surface area contributed by atoms with E-state index >= 15 is 0 Å². The zero-order valence-corrected chi connectivity index (χ0v) is 10.6. The van der Waals surface area contributed by atoms with Crippen molar-refractivity contribution in [2.45, 2.75) is 23.8 Å². The first kappa shape index (κ1) is 12.1. The summed E-state index contributed by atoms with van der Waals surface area (Å²) in [5, 5.41) is 18.3. The summed E-state index contributed by atoms with van der Waals surface area (Å²) in [7, 11) is 0. The number of aliphatic carboxylic acids is 1. The molecule has 0 saturated carbocycles. The van der Waals surface area contributed by atoms with Gasteiger partial charge in [0.05, 0.1) is 4.88 Å². The van der Waals surface area contributed by atoms with Crippen molar-refractivity contribution in [3.05, 3.63) is 17.5 Å². The van der Waals surface area contributed by atoms with Crippen LogP contribution in [-0.4, -0.2) is 26.5 Å². The molecule has 5 nitrogen and oxygen atoms in total. The van der Waals surface area contributed by atoms with Crippen molar-refractivity contribution in [2.24, 2.45) is 0 Å². The molecule has 0 aliphatic rings. The fraction of sp³-hybridized carbons (Fsp3) is 0.300. The third kappa shape index (κ3) is 2.86. The number of nitrogens with zero attached hydrogens (tertiary/aromatic N) is 2. The van der Waals surface area contributed by atoms with Gasteiger partial charge < -0.3 is 9.52 Å². The summed E-state index contributed by atoms with van der Waals surface area (Å²) in [6.07, 6.45) is 0.511. The monoisotopic (exact) mass is 270 g/mol. The largest absolute Gasteiger partial charge is 0.480 e. The Balaban J connectivity index is 2.11. The number of rotatable bonds is 5. The van der Waals surface area contributed by atoms with E-state index in [4.69, 9.17) is 9.52 Å². The van der Waals surface area contributed by atoms with E-state index in [9.17, 15) is 4.79 Å². The minimum atomic E-state index is -0.867. The van der Waals surface area contributed by atoms with Crippen molar-refractivity contribution in [2.75, 3.05) is 0 Å². The molecular weight excluding hydrogens is 260 g/mol. The Labute approximate surface area is 106 Å². The lowest BCUT2D eigenvalue weighted by molar-refractivity contribution is -0.136. The van der Waals surface area contributed by atoms with Crippen LogP contribution in [0.3, 0.4) is 0 Å². The van der Waals surface area contributed by atoms with Gasteiger partial charge in [-0.05, 0) is 17.9 Å². The zero-order chi connectivity index (χ0) is 12.3. The summed E-state index contributed by atoms with van der Waals surface area (Å²) in [5.74, 6) is -0.434. The first-order valence-electron chi connectivity index (χ1n) is 4.97. The van der Waals surface area contributed by atoms with Crippen molar-refractivity contribution in [1.29, 1.82) is 0 Å². The summed E-state index contributed by atoms with van der Waals surface area (Å²) in [5.41, 5.74) is 0. The highest BCUT2D eigenvalue weighted by Gasteiger charge is 2.20. The van der Waals surface area contributed by atoms with Gasteiger partial charge in [0.15, 0.2) is 0 Å². The van der Waals surface area contributed by atoms with E-state index in [0.717, 1.165) is 16.6 Å². The Morgan fingerprint density at radius 3 is 3.06 bits per heavy atom. The molecule has 2 rings (SSSR count). The lowest BCUT2D eigenvalue weighted by atomic mass is 10.3. The Kier molecular flexibility index (Phi) is 3.80. The zero-order valence-electron chi connectivity index (χ0n) is 8.99. The first-order valence-corrected chi connectivity index (χ1v) is 6.73. The number of hydrogen-bond acceptors (Lipinski definition) is 6. The molecule has 0 radical (unpaired) electrons. The van der Waals surface area contributed by atoms with Crippen LogP contribution in [0.2, 0.25) is 0 Å². The van der Waals surface area contributed by atoms with Crippen LogP contribution in [0, 0.1) is 0 Å². The van der Waals surface area contributed by atoms with Gasteiger partial charge in [0.25, 0.3) is 11.1 Å². The average Bonchev–Trinajstić information content (AvgIpc) is 2.95. The maximum absolute atomic E-state index is 10.9. The molecule has 1 unspecified atom stereocenters. The Hall–Kier alpha value is -1.34. The lowest BCUT2D eigenvalue weighted by Crippen LogP contribution is -2.14. The van der Waals surface area contributed by atoms with Gasteiger partial charge in [-0.15, -0.1) is 21.5 Å². The summed E-state index contributed by atoms with van der Waals surface area (Å²) in [4.78, 5) is 11.7. The number of thiophene rings is 1. The van der Waals surface area contributed by atoms with Crippen molar-refractivity contribution in [1.82, 2.24) is 10.2 Å². The van der Waals surface area contributed by atoms with Gasteiger partial charge in [-0.2, -0.15) is 0 Å². The van der Waals surface area contributed by atoms with E-state index < -0.39 is 11.2 Å². The third-order valence-corrected chi connectivity index (χ3v) is 4.07. The molecule has 90 valence electrons. The van der Waals surface area contributed by atoms with Crippen LogP contribution in [0.5, 0.6) is 0 Å². The molecule has 7 heteroatoms. The topological polar surface area (TPSA) is 76.2 Å². The number of thioether (sulfide) groups is 1. The van der Waals surface area contributed by atoms with Crippen LogP contribution in [0.1, 0.15) is 13.3 Å². The van der Waals surface area contributed by atoms with Gasteiger partial charge in [0, 0.05) is 0 Å². The molecule has 1 atom stereocenters. The van der Waals surface area contributed by atoms with Crippen molar-refractivity contribution in [3.8, 4) is 10.8 Å². The van der Waals surface area contributed by atoms with Crippen LogP contribution in [0.15, 0.2) is 27.2 Å². The van der Waals surface area contributed by atoms with Gasteiger partial charge in [0.2, 0.25) is 0 Å². The van der Waals surface area contributed by atoms with Crippen LogP contribution < -0.4 is 0 Å². The molecule has 0 amide bonds. The van der Waals surface area contributed by atoms with Gasteiger partial charge in [-0.1, -0.05) is 24.8 Å². The molecule has 0 bridgehead atoms. The standard InChI is InChI=1S/C10H10N2O3S2/c1-2-6(9(13)14)17-10-12-11-8(15-10)7-4-3-5-16-7/h3-6H,2H2,1H3,(H,13,14). The number of hydrogen-bond donors (Lipinski definition) is 1. The third-order valence-electron chi connectivity index (χ3n) is 2.03. The van der Waals surface area contributed by atoms with Crippen LogP contribution in [0.25, 0.3) is 10.8 Å². The van der Waals surface area contributed by atoms with Crippen molar-refractivity contribution >= 4 is 29.1 Å². The Morgan fingerprint density at radius 2 is 2.47 bits per heavy atom. The molecule has 0 aliphatic carbocycles. The molecule has 2 aromatic rings. The van der Waals surface area contributed by atoms with Gasteiger partial charge in [-0.3, -0.25) is 4.79 Å². The van der Waals surface area contributed by atoms with E-state index in [-0.39, 0.29) is 0 Å². The molecular formula is C10H10N2O3S2. The molecule has 0 spiro atoms. The van der Waals surface area contributed by atoms with Gasteiger partial charge >= 0.3 is 5.97 Å². The maximum Gasteiger partial charge on any atom is 0.317 e. The highest BCUT2D eigenvalue weighted by atomic mass is 32.2. The van der Waals surface area contributed by atoms with Crippen molar-refractivity contribution < 1.29 is 14.3 Å². The number of carboxylic acids is 1. The molecule has 0 aromatic carbocycles. The first-order chi connectivity index (χ1) is 8.20. The average molecular weight is 270 g/mol. The number of aromatic nitrogens is 2. The molecule has 2 heterocycles. The molecule has 1 N–H and O–H groups in total. The van der Waals surface area contributed by atoms with E-state index in [0.29, 0.717) is 17.5 Å². The van der Waals surface area contributed by atoms with Gasteiger partial charge in [0.1, 0.15) is 5.25 Å². The smallest absolute Gasteiger partial charge is 0.317 e. The Morgan fingerprint density at radius 1 is 1.65 bits per heavy atom. The second kappa shape index (κ2) is 5.33. The quantitative estimate of drug-likeness (QED) is 0.842. The SMILES string of the molecule is CCC(Sc1nnc(-c2cccs2)o1)C(=O)O. The van der Waals surface area contributed by atoms with E-state index in [1.54, 1.807) is 0 Å². The predicted octanol–water partition coefficient (Wildman–Crippen LogP) is 2.75. The van der Waals surface area contributed by atoms with Crippen LogP contribution in [0.4, 0.5) is 0 Å². The summed E-state index contributed by atoms with van der Waals surface area (Å²) >= 11 is 2.58. The molecule has 0 saturated heterocycles. The molecule has 17 heavy (non-hydrogen) atoms. The second-order valence-corrected chi connectivity index (χ2v) is 5.31. The Bertz CT molecular complexity index is 495. The predicted molar refractivity (Wildman–Crippen MR) is 65.2 cm³/mol.